The molecular weight excluding hydrogens is 272 g/mol. The van der Waals surface area contributed by atoms with Gasteiger partial charge in [-0.2, -0.15) is 0 Å². The maximum atomic E-state index is 9.11. The Morgan fingerprint density at radius 3 is 2.62 bits per heavy atom. The van der Waals surface area contributed by atoms with Gasteiger partial charge in [0.05, 0.1) is 19.8 Å². The van der Waals surface area contributed by atoms with Crippen LogP contribution in [-0.2, 0) is 6.54 Å². The highest BCUT2D eigenvalue weighted by Crippen LogP contribution is 2.27. The number of methoxy groups -OCH3 is 1. The third-order valence-corrected chi connectivity index (χ3v) is 2.82. The number of aliphatic hydroxyl groups is 2. The number of hydrogen-bond donors (Lipinski definition) is 4. The molecule has 0 aliphatic heterocycles. The third kappa shape index (κ3) is 7.29. The predicted octanol–water partition coefficient (Wildman–Crippen LogP) is 0.126. The van der Waals surface area contributed by atoms with Crippen molar-refractivity contribution in [3.05, 3.63) is 23.8 Å². The van der Waals surface area contributed by atoms with Crippen LogP contribution in [0.2, 0.25) is 0 Å². The van der Waals surface area contributed by atoms with E-state index in [9.17, 15) is 0 Å². The molecule has 0 saturated heterocycles. The van der Waals surface area contributed by atoms with Crippen molar-refractivity contribution in [1.82, 2.24) is 10.6 Å². The van der Waals surface area contributed by atoms with E-state index in [0.717, 1.165) is 25.2 Å². The van der Waals surface area contributed by atoms with Gasteiger partial charge in [-0.3, -0.25) is 0 Å². The molecule has 0 aromatic heterocycles. The second kappa shape index (κ2) is 10.4. The quantitative estimate of drug-likeness (QED) is 0.435. The molecule has 1 unspecified atom stereocenters. The van der Waals surface area contributed by atoms with Crippen LogP contribution in [0.5, 0.6) is 11.5 Å². The lowest BCUT2D eigenvalue weighted by molar-refractivity contribution is 0.191. The molecule has 0 saturated carbocycles. The first-order valence-electron chi connectivity index (χ1n) is 7.17. The lowest BCUT2D eigenvalue weighted by Gasteiger charge is -2.12. The molecule has 0 aliphatic carbocycles. The van der Waals surface area contributed by atoms with Crippen LogP contribution in [0.4, 0.5) is 0 Å². The highest BCUT2D eigenvalue weighted by atomic mass is 16.5. The second-order valence-corrected chi connectivity index (χ2v) is 4.79. The highest BCUT2D eigenvalue weighted by molar-refractivity contribution is 5.42. The summed E-state index contributed by atoms with van der Waals surface area (Å²) in [5.41, 5.74) is 1.10. The average molecular weight is 298 g/mol. The van der Waals surface area contributed by atoms with Gasteiger partial charge in [0.15, 0.2) is 11.5 Å². The average Bonchev–Trinajstić information content (AvgIpc) is 2.48. The van der Waals surface area contributed by atoms with Crippen LogP contribution in [0, 0.1) is 0 Å². The maximum Gasteiger partial charge on any atom is 0.161 e. The number of rotatable bonds is 11. The van der Waals surface area contributed by atoms with Gasteiger partial charge in [0.1, 0.15) is 6.61 Å². The lowest BCUT2D eigenvalue weighted by Crippen LogP contribution is -2.31. The summed E-state index contributed by atoms with van der Waals surface area (Å²) in [6.07, 6.45) is -0.319. The zero-order valence-corrected chi connectivity index (χ0v) is 12.8. The fraction of sp³-hybridized carbons (Fsp3) is 0.600. The Bertz CT molecular complexity index is 399. The number of nitrogens with one attached hydrogen (secondary N) is 2. The van der Waals surface area contributed by atoms with E-state index in [1.807, 2.05) is 18.2 Å². The molecule has 1 rings (SSSR count). The fourth-order valence-electron chi connectivity index (χ4n) is 1.82. The molecule has 0 radical (unpaired) electrons. The molecule has 21 heavy (non-hydrogen) atoms. The van der Waals surface area contributed by atoms with Gasteiger partial charge in [0.25, 0.3) is 0 Å². The third-order valence-electron chi connectivity index (χ3n) is 2.82. The zero-order chi connectivity index (χ0) is 15.5. The van der Waals surface area contributed by atoms with Crippen molar-refractivity contribution in [2.24, 2.45) is 0 Å². The number of hydrogen-bond acceptors (Lipinski definition) is 6. The molecule has 120 valence electrons. The van der Waals surface area contributed by atoms with Crippen LogP contribution >= 0.6 is 0 Å². The van der Waals surface area contributed by atoms with Crippen molar-refractivity contribution in [3.8, 4) is 11.5 Å². The van der Waals surface area contributed by atoms with Crippen molar-refractivity contribution >= 4 is 0 Å². The van der Waals surface area contributed by atoms with Gasteiger partial charge in [0.2, 0.25) is 0 Å². The molecule has 0 spiro atoms. The monoisotopic (exact) mass is 298 g/mol. The van der Waals surface area contributed by atoms with E-state index in [4.69, 9.17) is 19.7 Å². The van der Waals surface area contributed by atoms with Crippen LogP contribution in [0.15, 0.2) is 18.2 Å². The van der Waals surface area contributed by atoms with Gasteiger partial charge in [-0.25, -0.2) is 0 Å². The summed E-state index contributed by atoms with van der Waals surface area (Å²) < 4.78 is 10.7. The minimum Gasteiger partial charge on any atom is -0.493 e. The molecule has 6 heteroatoms. The second-order valence-electron chi connectivity index (χ2n) is 4.79. The molecule has 0 bridgehead atoms. The topological polar surface area (TPSA) is 83.0 Å². The Labute approximate surface area is 126 Å². The summed E-state index contributed by atoms with van der Waals surface area (Å²) in [5, 5.41) is 24.3. The summed E-state index contributed by atoms with van der Waals surface area (Å²) >= 11 is 0. The number of ether oxygens (including phenoxy) is 2. The van der Waals surface area contributed by atoms with Gasteiger partial charge < -0.3 is 30.3 Å². The lowest BCUT2D eigenvalue weighted by atomic mass is 10.2. The van der Waals surface area contributed by atoms with Crippen molar-refractivity contribution in [2.45, 2.75) is 19.6 Å². The Morgan fingerprint density at radius 1 is 1.19 bits per heavy atom. The van der Waals surface area contributed by atoms with Gasteiger partial charge in [0, 0.05) is 26.2 Å². The van der Waals surface area contributed by atoms with E-state index in [2.05, 4.69) is 10.6 Å². The Morgan fingerprint density at radius 2 is 1.95 bits per heavy atom. The van der Waals surface area contributed by atoms with Crippen LogP contribution in [0.25, 0.3) is 0 Å². The Hall–Kier alpha value is -1.34. The van der Waals surface area contributed by atoms with E-state index in [1.165, 1.54) is 0 Å². The molecule has 1 atom stereocenters. The SMILES string of the molecule is COc1cc(CNCCNCC(C)O)ccc1OCCO. The summed E-state index contributed by atoms with van der Waals surface area (Å²) in [6.45, 7) is 4.94. The van der Waals surface area contributed by atoms with Crippen LogP contribution < -0.4 is 20.1 Å². The maximum absolute atomic E-state index is 9.11. The van der Waals surface area contributed by atoms with E-state index in [-0.39, 0.29) is 19.3 Å². The molecule has 1 aromatic carbocycles. The molecule has 0 heterocycles. The Kier molecular flexibility index (Phi) is 8.77. The number of aliphatic hydroxyl groups excluding tert-OH is 2. The molecule has 4 N–H and O–H groups in total. The van der Waals surface area contributed by atoms with Crippen LogP contribution in [0.3, 0.4) is 0 Å². The zero-order valence-electron chi connectivity index (χ0n) is 12.8. The molecular formula is C15H26N2O4. The Balaban J connectivity index is 2.35. The largest absolute Gasteiger partial charge is 0.493 e. The number of benzene rings is 1. The molecule has 0 fully saturated rings. The summed E-state index contributed by atoms with van der Waals surface area (Å²) in [7, 11) is 1.60. The fourth-order valence-corrected chi connectivity index (χ4v) is 1.82. The van der Waals surface area contributed by atoms with Gasteiger partial charge >= 0.3 is 0 Å². The van der Waals surface area contributed by atoms with E-state index >= 15 is 0 Å². The van der Waals surface area contributed by atoms with Crippen LogP contribution in [-0.4, -0.2) is 56.3 Å². The first kappa shape index (κ1) is 17.7. The smallest absolute Gasteiger partial charge is 0.161 e. The van der Waals surface area contributed by atoms with E-state index in [0.29, 0.717) is 18.0 Å². The van der Waals surface area contributed by atoms with E-state index in [1.54, 1.807) is 14.0 Å². The highest BCUT2D eigenvalue weighted by Gasteiger charge is 2.05. The minimum atomic E-state index is -0.319. The summed E-state index contributed by atoms with van der Waals surface area (Å²) in [5.74, 6) is 1.30. The summed E-state index contributed by atoms with van der Waals surface area (Å²) in [6, 6.07) is 5.73. The van der Waals surface area contributed by atoms with Crippen molar-refractivity contribution < 1.29 is 19.7 Å². The first-order chi connectivity index (χ1) is 10.2. The summed E-state index contributed by atoms with van der Waals surface area (Å²) in [4.78, 5) is 0. The molecule has 1 aromatic rings. The standard InChI is InChI=1S/C15H26N2O4/c1-12(19)10-16-5-6-17-11-13-3-4-14(21-8-7-18)15(9-13)20-2/h3-4,9,12,16-19H,5-8,10-11H2,1-2H3. The van der Waals surface area contributed by atoms with Crippen LogP contribution in [0.1, 0.15) is 12.5 Å². The normalized spacial score (nSPS) is 12.2. The van der Waals surface area contributed by atoms with Crippen molar-refractivity contribution in [3.63, 3.8) is 0 Å². The van der Waals surface area contributed by atoms with Gasteiger partial charge in [-0.1, -0.05) is 6.07 Å². The van der Waals surface area contributed by atoms with Gasteiger partial charge in [-0.15, -0.1) is 0 Å². The predicted molar refractivity (Wildman–Crippen MR) is 81.8 cm³/mol. The molecule has 0 amide bonds. The first-order valence-corrected chi connectivity index (χ1v) is 7.17. The molecule has 0 aliphatic rings. The van der Waals surface area contributed by atoms with E-state index < -0.39 is 0 Å². The molecule has 6 nitrogen and oxygen atoms in total. The van der Waals surface area contributed by atoms with Crippen molar-refractivity contribution in [2.75, 3.05) is 40.0 Å². The minimum absolute atomic E-state index is 0.0219. The van der Waals surface area contributed by atoms with Crippen molar-refractivity contribution in [1.29, 1.82) is 0 Å². The van der Waals surface area contributed by atoms with Gasteiger partial charge in [-0.05, 0) is 24.6 Å².